The largest absolute Gasteiger partial charge is 0.457 e. The van der Waals surface area contributed by atoms with E-state index in [1.54, 1.807) is 12.1 Å². The highest BCUT2D eigenvalue weighted by Crippen LogP contribution is 2.25. The molecule has 0 bridgehead atoms. The van der Waals surface area contributed by atoms with Crippen molar-refractivity contribution in [3.8, 4) is 11.5 Å². The van der Waals surface area contributed by atoms with Gasteiger partial charge in [-0.15, -0.1) is 0 Å². The maximum atomic E-state index is 13.0. The maximum Gasteiger partial charge on any atom is 0.131 e. The molecule has 0 radical (unpaired) electrons. The van der Waals surface area contributed by atoms with E-state index in [0.717, 1.165) is 17.0 Å². The van der Waals surface area contributed by atoms with E-state index >= 15 is 0 Å². The standard InChI is InChI=1S/C19H17FN2O/c20-16-10-12-18(13-11-16)23-19-9-5-4-6-15(19)14-21-22-17-7-2-1-3-8-17/h1-13,21-22H,14H2. The Hall–Kier alpha value is -2.85. The first-order valence-electron chi connectivity index (χ1n) is 7.36. The Kier molecular flexibility index (Phi) is 4.86. The Labute approximate surface area is 134 Å². The second-order valence-corrected chi connectivity index (χ2v) is 5.01. The molecule has 3 rings (SSSR count). The minimum absolute atomic E-state index is 0.278. The van der Waals surface area contributed by atoms with Crippen LogP contribution < -0.4 is 15.6 Å². The fraction of sp³-hybridized carbons (Fsp3) is 0.0526. The SMILES string of the molecule is Fc1ccc(Oc2ccccc2CNNc2ccccc2)cc1. The molecule has 2 N–H and O–H groups in total. The molecule has 0 atom stereocenters. The first kappa shape index (κ1) is 15.1. The molecule has 116 valence electrons. The molecule has 0 spiro atoms. The summed E-state index contributed by atoms with van der Waals surface area (Å²) in [5, 5.41) is 0. The van der Waals surface area contributed by atoms with E-state index in [0.29, 0.717) is 12.3 Å². The summed E-state index contributed by atoms with van der Waals surface area (Å²) in [7, 11) is 0. The third-order valence-corrected chi connectivity index (χ3v) is 3.30. The van der Waals surface area contributed by atoms with Crippen LogP contribution in [0, 0.1) is 5.82 Å². The average Bonchev–Trinajstić information content (AvgIpc) is 2.59. The minimum atomic E-state index is -0.278. The smallest absolute Gasteiger partial charge is 0.131 e. The van der Waals surface area contributed by atoms with Gasteiger partial charge in [-0.3, -0.25) is 0 Å². The minimum Gasteiger partial charge on any atom is -0.457 e. The number of hydrogen-bond donors (Lipinski definition) is 2. The molecule has 0 aromatic heterocycles. The van der Waals surface area contributed by atoms with Crippen molar-refractivity contribution in [1.82, 2.24) is 5.43 Å². The van der Waals surface area contributed by atoms with Crippen LogP contribution in [0.2, 0.25) is 0 Å². The molecule has 0 aliphatic carbocycles. The van der Waals surface area contributed by atoms with Crippen molar-refractivity contribution >= 4 is 5.69 Å². The maximum absolute atomic E-state index is 13.0. The number of hydrazine groups is 1. The third-order valence-electron chi connectivity index (χ3n) is 3.30. The Balaban J connectivity index is 1.64. The van der Waals surface area contributed by atoms with E-state index < -0.39 is 0 Å². The lowest BCUT2D eigenvalue weighted by Crippen LogP contribution is -2.21. The molecule has 3 nitrogen and oxygen atoms in total. The summed E-state index contributed by atoms with van der Waals surface area (Å²) < 4.78 is 18.8. The van der Waals surface area contributed by atoms with Gasteiger partial charge in [0.05, 0.1) is 0 Å². The van der Waals surface area contributed by atoms with Crippen LogP contribution in [0.5, 0.6) is 11.5 Å². The predicted octanol–water partition coefficient (Wildman–Crippen LogP) is 4.73. The normalized spacial score (nSPS) is 10.3. The summed E-state index contributed by atoms with van der Waals surface area (Å²) in [5.41, 5.74) is 8.29. The third kappa shape index (κ3) is 4.31. The Morgan fingerprint density at radius 2 is 1.48 bits per heavy atom. The van der Waals surface area contributed by atoms with E-state index in [1.165, 1.54) is 12.1 Å². The van der Waals surface area contributed by atoms with Gasteiger partial charge in [0.1, 0.15) is 17.3 Å². The van der Waals surface area contributed by atoms with Crippen molar-refractivity contribution < 1.29 is 9.13 Å². The van der Waals surface area contributed by atoms with E-state index in [9.17, 15) is 4.39 Å². The van der Waals surface area contributed by atoms with Crippen molar-refractivity contribution in [2.45, 2.75) is 6.54 Å². The highest BCUT2D eigenvalue weighted by Gasteiger charge is 2.04. The monoisotopic (exact) mass is 308 g/mol. The summed E-state index contributed by atoms with van der Waals surface area (Å²) in [5.74, 6) is 1.07. The van der Waals surface area contributed by atoms with E-state index in [-0.39, 0.29) is 5.82 Å². The number of para-hydroxylation sites is 2. The Morgan fingerprint density at radius 1 is 0.783 bits per heavy atom. The first-order valence-corrected chi connectivity index (χ1v) is 7.36. The zero-order valence-corrected chi connectivity index (χ0v) is 12.5. The van der Waals surface area contributed by atoms with E-state index in [2.05, 4.69) is 10.9 Å². The molecule has 0 amide bonds. The summed E-state index contributed by atoms with van der Waals surface area (Å²) in [6.07, 6.45) is 0. The van der Waals surface area contributed by atoms with Crippen molar-refractivity contribution in [3.05, 3.63) is 90.2 Å². The number of rotatable bonds is 6. The molecule has 4 heteroatoms. The lowest BCUT2D eigenvalue weighted by molar-refractivity contribution is 0.472. The van der Waals surface area contributed by atoms with Crippen LogP contribution in [0.1, 0.15) is 5.56 Å². The van der Waals surface area contributed by atoms with Crippen LogP contribution in [0.25, 0.3) is 0 Å². The molecule has 23 heavy (non-hydrogen) atoms. The van der Waals surface area contributed by atoms with E-state index in [4.69, 9.17) is 4.74 Å². The molecule has 0 aliphatic heterocycles. The average molecular weight is 308 g/mol. The van der Waals surface area contributed by atoms with Crippen LogP contribution in [-0.2, 0) is 6.54 Å². The fourth-order valence-corrected chi connectivity index (χ4v) is 2.14. The van der Waals surface area contributed by atoms with Crippen LogP contribution in [0.15, 0.2) is 78.9 Å². The lowest BCUT2D eigenvalue weighted by atomic mass is 10.2. The quantitative estimate of drug-likeness (QED) is 0.646. The zero-order valence-electron chi connectivity index (χ0n) is 12.5. The number of anilines is 1. The fourth-order valence-electron chi connectivity index (χ4n) is 2.14. The highest BCUT2D eigenvalue weighted by atomic mass is 19.1. The van der Waals surface area contributed by atoms with Gasteiger partial charge in [0.2, 0.25) is 0 Å². The van der Waals surface area contributed by atoms with Crippen LogP contribution in [0.4, 0.5) is 10.1 Å². The number of halogens is 1. The van der Waals surface area contributed by atoms with Crippen LogP contribution in [0.3, 0.4) is 0 Å². The number of benzene rings is 3. The molecule has 3 aromatic carbocycles. The van der Waals surface area contributed by atoms with Crippen molar-refractivity contribution in [2.24, 2.45) is 0 Å². The molecule has 0 saturated heterocycles. The Morgan fingerprint density at radius 3 is 2.26 bits per heavy atom. The summed E-state index contributed by atoms with van der Waals surface area (Å²) >= 11 is 0. The topological polar surface area (TPSA) is 33.3 Å². The van der Waals surface area contributed by atoms with Crippen molar-refractivity contribution in [3.63, 3.8) is 0 Å². The van der Waals surface area contributed by atoms with Gasteiger partial charge in [-0.1, -0.05) is 36.4 Å². The van der Waals surface area contributed by atoms with Gasteiger partial charge < -0.3 is 10.2 Å². The molecular weight excluding hydrogens is 291 g/mol. The molecular formula is C19H17FN2O. The second-order valence-electron chi connectivity index (χ2n) is 5.01. The molecule has 0 heterocycles. The zero-order chi connectivity index (χ0) is 15.9. The van der Waals surface area contributed by atoms with Crippen molar-refractivity contribution in [2.75, 3.05) is 5.43 Å². The second kappa shape index (κ2) is 7.42. The van der Waals surface area contributed by atoms with Crippen LogP contribution >= 0.6 is 0 Å². The van der Waals surface area contributed by atoms with Crippen molar-refractivity contribution in [1.29, 1.82) is 0 Å². The number of ether oxygens (including phenoxy) is 1. The van der Waals surface area contributed by atoms with Gasteiger partial charge in [0.15, 0.2) is 0 Å². The van der Waals surface area contributed by atoms with Gasteiger partial charge in [-0.05, 0) is 42.5 Å². The summed E-state index contributed by atoms with van der Waals surface area (Å²) in [6, 6.07) is 23.6. The summed E-state index contributed by atoms with van der Waals surface area (Å²) in [6.45, 7) is 0.590. The molecule has 0 aliphatic rings. The molecule has 0 saturated carbocycles. The molecule has 3 aromatic rings. The predicted molar refractivity (Wildman–Crippen MR) is 89.8 cm³/mol. The van der Waals surface area contributed by atoms with Gasteiger partial charge >= 0.3 is 0 Å². The lowest BCUT2D eigenvalue weighted by Gasteiger charge is -2.13. The highest BCUT2D eigenvalue weighted by molar-refractivity contribution is 5.42. The Bertz CT molecular complexity index is 745. The molecule has 0 fully saturated rings. The number of hydrogen-bond acceptors (Lipinski definition) is 3. The van der Waals surface area contributed by atoms with Gasteiger partial charge in [-0.25, -0.2) is 9.82 Å². The molecule has 0 unspecified atom stereocenters. The first-order chi connectivity index (χ1) is 11.3. The number of nitrogens with one attached hydrogen (secondary N) is 2. The van der Waals surface area contributed by atoms with Crippen LogP contribution in [-0.4, -0.2) is 0 Å². The van der Waals surface area contributed by atoms with Gasteiger partial charge in [-0.2, -0.15) is 0 Å². The van der Waals surface area contributed by atoms with Gasteiger partial charge in [0, 0.05) is 17.8 Å². The van der Waals surface area contributed by atoms with Gasteiger partial charge in [0.25, 0.3) is 0 Å². The van der Waals surface area contributed by atoms with E-state index in [1.807, 2.05) is 54.6 Å². The summed E-state index contributed by atoms with van der Waals surface area (Å²) in [4.78, 5) is 0.